The molecule has 7 nitrogen and oxygen atoms in total. The summed E-state index contributed by atoms with van der Waals surface area (Å²) in [5.41, 5.74) is 0.761. The molecule has 27 heavy (non-hydrogen) atoms. The highest BCUT2D eigenvalue weighted by Gasteiger charge is 2.26. The van der Waals surface area contributed by atoms with Crippen LogP contribution in [-0.4, -0.2) is 37.1 Å². The summed E-state index contributed by atoms with van der Waals surface area (Å²) in [6.45, 7) is 1.30. The van der Waals surface area contributed by atoms with Crippen molar-refractivity contribution in [3.05, 3.63) is 62.6 Å². The van der Waals surface area contributed by atoms with Gasteiger partial charge in [0, 0.05) is 49.1 Å². The summed E-state index contributed by atoms with van der Waals surface area (Å²) in [6, 6.07) is 12.3. The first-order valence-electron chi connectivity index (χ1n) is 8.65. The Morgan fingerprint density at radius 1 is 1.26 bits per heavy atom. The van der Waals surface area contributed by atoms with Gasteiger partial charge < -0.3 is 15.0 Å². The van der Waals surface area contributed by atoms with Gasteiger partial charge in [-0.25, -0.2) is 0 Å². The lowest BCUT2D eigenvalue weighted by molar-refractivity contribution is -0.384. The Morgan fingerprint density at radius 2 is 2.00 bits per heavy atom. The van der Waals surface area contributed by atoms with Gasteiger partial charge in [-0.2, -0.15) is 0 Å². The van der Waals surface area contributed by atoms with E-state index >= 15 is 0 Å². The Morgan fingerprint density at radius 3 is 2.63 bits per heavy atom. The first-order chi connectivity index (χ1) is 13.0. The summed E-state index contributed by atoms with van der Waals surface area (Å²) in [5.74, 6) is 0.467. The Hall–Kier alpha value is -2.61. The second kappa shape index (κ2) is 8.39. The number of carbonyl (C=O) groups excluding carboxylic acids is 1. The maximum atomic E-state index is 11.7. The number of nitro groups is 1. The third-order valence-electron chi connectivity index (χ3n) is 4.54. The van der Waals surface area contributed by atoms with Crippen molar-refractivity contribution in [2.24, 2.45) is 0 Å². The van der Waals surface area contributed by atoms with Gasteiger partial charge in [0.25, 0.3) is 11.6 Å². The van der Waals surface area contributed by atoms with E-state index in [0.717, 1.165) is 23.1 Å². The molecule has 1 amide bonds. The zero-order valence-corrected chi connectivity index (χ0v) is 16.4. The molecule has 0 spiro atoms. The highest BCUT2D eigenvalue weighted by atomic mass is 79.9. The molecular weight excluding hydrogens is 414 g/mol. The average molecular weight is 434 g/mol. The molecule has 3 rings (SSSR count). The zero-order valence-electron chi connectivity index (χ0n) is 14.9. The highest BCUT2D eigenvalue weighted by Crippen LogP contribution is 2.32. The van der Waals surface area contributed by atoms with Gasteiger partial charge >= 0.3 is 0 Å². The van der Waals surface area contributed by atoms with Crippen molar-refractivity contribution in [1.82, 2.24) is 5.32 Å². The number of nitro benzene ring substituents is 1. The molecule has 2 aromatic rings. The van der Waals surface area contributed by atoms with Crippen LogP contribution in [0, 0.1) is 10.1 Å². The molecular formula is C19H20BrN3O4. The number of carbonyl (C=O) groups is 1. The predicted molar refractivity (Wildman–Crippen MR) is 106 cm³/mol. The molecule has 1 fully saturated rings. The SMILES string of the molecule is CNC(=O)c1ccc(N2CCC(Oc3cccc(Br)c3)CC2)c([N+](=O)[O-])c1. The second-order valence-corrected chi connectivity index (χ2v) is 7.22. The number of amides is 1. The zero-order chi connectivity index (χ0) is 19.4. The van der Waals surface area contributed by atoms with E-state index in [1.807, 2.05) is 29.2 Å². The van der Waals surface area contributed by atoms with E-state index in [0.29, 0.717) is 18.8 Å². The molecule has 1 saturated heterocycles. The maximum absolute atomic E-state index is 11.7. The van der Waals surface area contributed by atoms with E-state index in [-0.39, 0.29) is 23.3 Å². The Balaban J connectivity index is 1.70. The Kier molecular flexibility index (Phi) is 5.95. The molecule has 1 aliphatic rings. The van der Waals surface area contributed by atoms with Crippen molar-refractivity contribution in [2.45, 2.75) is 18.9 Å². The van der Waals surface area contributed by atoms with Crippen molar-refractivity contribution in [2.75, 3.05) is 25.0 Å². The normalized spacial score (nSPS) is 14.7. The quantitative estimate of drug-likeness (QED) is 0.572. The number of halogens is 1. The Labute approximate surface area is 165 Å². The molecule has 0 bridgehead atoms. The monoisotopic (exact) mass is 433 g/mol. The van der Waals surface area contributed by atoms with Crippen molar-refractivity contribution < 1.29 is 14.5 Å². The minimum absolute atomic E-state index is 0.0533. The van der Waals surface area contributed by atoms with Gasteiger partial charge in [-0.3, -0.25) is 14.9 Å². The van der Waals surface area contributed by atoms with Crippen LogP contribution in [0.4, 0.5) is 11.4 Å². The number of hydrogen-bond donors (Lipinski definition) is 1. The van der Waals surface area contributed by atoms with Crippen molar-refractivity contribution in [3.63, 3.8) is 0 Å². The van der Waals surface area contributed by atoms with Gasteiger partial charge in [0.05, 0.1) is 4.92 Å². The van der Waals surface area contributed by atoms with E-state index < -0.39 is 4.92 Å². The molecule has 8 heteroatoms. The fourth-order valence-corrected chi connectivity index (χ4v) is 3.55. The molecule has 0 saturated carbocycles. The van der Waals surface area contributed by atoms with Crippen molar-refractivity contribution in [3.8, 4) is 5.75 Å². The third-order valence-corrected chi connectivity index (χ3v) is 5.04. The molecule has 0 atom stereocenters. The number of benzene rings is 2. The molecule has 142 valence electrons. The van der Waals surface area contributed by atoms with E-state index in [1.165, 1.54) is 13.1 Å². The van der Waals surface area contributed by atoms with Crippen LogP contribution >= 0.6 is 15.9 Å². The van der Waals surface area contributed by atoms with Gasteiger partial charge in [0.15, 0.2) is 0 Å². The van der Waals surface area contributed by atoms with E-state index in [9.17, 15) is 14.9 Å². The number of anilines is 1. The lowest BCUT2D eigenvalue weighted by Gasteiger charge is -2.33. The van der Waals surface area contributed by atoms with Crippen molar-refractivity contribution in [1.29, 1.82) is 0 Å². The fourth-order valence-electron chi connectivity index (χ4n) is 3.17. The molecule has 1 N–H and O–H groups in total. The molecule has 0 aliphatic carbocycles. The number of ether oxygens (including phenoxy) is 1. The molecule has 1 heterocycles. The van der Waals surface area contributed by atoms with Crippen LogP contribution in [0.2, 0.25) is 0 Å². The van der Waals surface area contributed by atoms with Crippen LogP contribution in [0.3, 0.4) is 0 Å². The van der Waals surface area contributed by atoms with Gasteiger partial charge in [-0.1, -0.05) is 22.0 Å². The number of piperidine rings is 1. The van der Waals surface area contributed by atoms with Crippen LogP contribution in [0.15, 0.2) is 46.9 Å². The summed E-state index contributed by atoms with van der Waals surface area (Å²) in [7, 11) is 1.50. The molecule has 2 aromatic carbocycles. The Bertz CT molecular complexity index is 851. The number of hydrogen-bond acceptors (Lipinski definition) is 5. The van der Waals surface area contributed by atoms with Gasteiger partial charge in [0.1, 0.15) is 17.5 Å². The molecule has 1 aliphatic heterocycles. The summed E-state index contributed by atoms with van der Waals surface area (Å²) in [4.78, 5) is 24.8. The van der Waals surface area contributed by atoms with E-state index in [4.69, 9.17) is 4.74 Å². The highest BCUT2D eigenvalue weighted by molar-refractivity contribution is 9.10. The summed E-state index contributed by atoms with van der Waals surface area (Å²) in [5, 5.41) is 14.0. The van der Waals surface area contributed by atoms with Crippen LogP contribution in [0.25, 0.3) is 0 Å². The average Bonchev–Trinajstić information content (AvgIpc) is 2.67. The summed E-state index contributed by atoms with van der Waals surface area (Å²) in [6.07, 6.45) is 1.60. The lowest BCUT2D eigenvalue weighted by atomic mass is 10.1. The van der Waals surface area contributed by atoms with Crippen LogP contribution in [-0.2, 0) is 0 Å². The first-order valence-corrected chi connectivity index (χ1v) is 9.45. The smallest absolute Gasteiger partial charge is 0.293 e. The number of nitrogens with zero attached hydrogens (tertiary/aromatic N) is 2. The number of nitrogens with one attached hydrogen (secondary N) is 1. The molecule has 0 unspecified atom stereocenters. The maximum Gasteiger partial charge on any atom is 0.293 e. The van der Waals surface area contributed by atoms with Crippen molar-refractivity contribution >= 4 is 33.2 Å². The van der Waals surface area contributed by atoms with Crippen LogP contribution in [0.1, 0.15) is 23.2 Å². The summed E-state index contributed by atoms with van der Waals surface area (Å²) < 4.78 is 6.98. The van der Waals surface area contributed by atoms with Gasteiger partial charge in [-0.15, -0.1) is 0 Å². The third kappa shape index (κ3) is 4.57. The topological polar surface area (TPSA) is 84.7 Å². The minimum atomic E-state index is -0.439. The predicted octanol–water partition coefficient (Wildman–Crippen LogP) is 3.76. The first kappa shape index (κ1) is 19.2. The van der Waals surface area contributed by atoms with Crippen LogP contribution < -0.4 is 15.0 Å². The molecule has 0 aromatic heterocycles. The standard InChI is InChI=1S/C19H20BrN3O4/c1-21-19(24)13-5-6-17(18(11-13)23(25)26)22-9-7-15(8-10-22)27-16-4-2-3-14(20)12-16/h2-6,11-12,15H,7-10H2,1H3,(H,21,24). The van der Waals surface area contributed by atoms with Gasteiger partial charge in [0.2, 0.25) is 0 Å². The van der Waals surface area contributed by atoms with E-state index in [1.54, 1.807) is 12.1 Å². The van der Waals surface area contributed by atoms with Crippen LogP contribution in [0.5, 0.6) is 5.75 Å². The second-order valence-electron chi connectivity index (χ2n) is 6.30. The lowest BCUT2D eigenvalue weighted by Crippen LogP contribution is -2.38. The fraction of sp³-hybridized carbons (Fsp3) is 0.316. The minimum Gasteiger partial charge on any atom is -0.490 e. The molecule has 0 radical (unpaired) electrons. The largest absolute Gasteiger partial charge is 0.490 e. The van der Waals surface area contributed by atoms with E-state index in [2.05, 4.69) is 21.2 Å². The summed E-state index contributed by atoms with van der Waals surface area (Å²) >= 11 is 3.43. The number of rotatable bonds is 5. The van der Waals surface area contributed by atoms with Gasteiger partial charge in [-0.05, 0) is 30.3 Å².